The van der Waals surface area contributed by atoms with Crippen LogP contribution in [0.2, 0.25) is 0 Å². The van der Waals surface area contributed by atoms with Crippen molar-refractivity contribution < 1.29 is 24.0 Å². The van der Waals surface area contributed by atoms with E-state index in [1.54, 1.807) is 22.8 Å². The van der Waals surface area contributed by atoms with Gasteiger partial charge in [-0.05, 0) is 30.0 Å². The lowest BCUT2D eigenvalue weighted by molar-refractivity contribution is -0.384. The van der Waals surface area contributed by atoms with Crippen molar-refractivity contribution in [1.82, 2.24) is 30.3 Å². The maximum atomic E-state index is 12.8. The van der Waals surface area contributed by atoms with E-state index in [0.717, 1.165) is 21.9 Å². The first-order valence-electron chi connectivity index (χ1n) is 11.9. The van der Waals surface area contributed by atoms with Gasteiger partial charge in [0.25, 0.3) is 11.6 Å². The summed E-state index contributed by atoms with van der Waals surface area (Å²) in [4.78, 5) is 35.8. The van der Waals surface area contributed by atoms with E-state index in [9.17, 15) is 19.7 Å². The molecule has 4 rings (SSSR count). The van der Waals surface area contributed by atoms with Crippen molar-refractivity contribution in [2.75, 3.05) is 31.0 Å². The third-order valence-corrected chi connectivity index (χ3v) is 8.11. The van der Waals surface area contributed by atoms with Gasteiger partial charge in [0.05, 0.1) is 37.1 Å². The van der Waals surface area contributed by atoms with Gasteiger partial charge in [-0.3, -0.25) is 29.6 Å². The van der Waals surface area contributed by atoms with Gasteiger partial charge in [-0.2, -0.15) is 0 Å². The van der Waals surface area contributed by atoms with Crippen LogP contribution in [0.15, 0.2) is 52.0 Å². The lowest BCUT2D eigenvalue weighted by Gasteiger charge is -2.15. The third-order valence-electron chi connectivity index (χ3n) is 5.33. The monoisotopic (exact) mass is 616 g/mol. The van der Waals surface area contributed by atoms with Crippen molar-refractivity contribution in [3.05, 3.63) is 64.0 Å². The molecule has 0 saturated carbocycles. The molecule has 41 heavy (non-hydrogen) atoms. The molecule has 0 atom stereocenters. The van der Waals surface area contributed by atoms with Gasteiger partial charge in [-0.25, -0.2) is 0 Å². The van der Waals surface area contributed by atoms with E-state index in [1.807, 2.05) is 6.92 Å². The molecule has 0 aliphatic heterocycles. The quantitative estimate of drug-likeness (QED) is 0.0962. The Morgan fingerprint density at radius 1 is 1.05 bits per heavy atom. The van der Waals surface area contributed by atoms with Gasteiger partial charge in [0.15, 0.2) is 15.3 Å². The minimum Gasteiger partial charge on any atom is -0.497 e. The SMILES string of the molecule is CCSc1nnc(NC(=O)CSc2nnc(CNC(=O)c3ccc([N+](=O)[O-])cc3)n2-c2cc(OC)ccc2OC)s1. The van der Waals surface area contributed by atoms with Crippen molar-refractivity contribution >= 4 is 57.5 Å². The molecule has 0 bridgehead atoms. The summed E-state index contributed by atoms with van der Waals surface area (Å²) in [6, 6.07) is 10.4. The number of carbonyl (C=O) groups excluding carboxylic acids is 2. The molecule has 2 N–H and O–H groups in total. The highest BCUT2D eigenvalue weighted by Crippen LogP contribution is 2.32. The minimum absolute atomic E-state index is 0.00456. The van der Waals surface area contributed by atoms with Crippen LogP contribution in [0.1, 0.15) is 23.1 Å². The van der Waals surface area contributed by atoms with Crippen molar-refractivity contribution in [3.8, 4) is 17.2 Å². The van der Waals surface area contributed by atoms with E-state index in [4.69, 9.17) is 9.47 Å². The number of hydrogen-bond acceptors (Lipinski definition) is 13. The van der Waals surface area contributed by atoms with E-state index in [1.165, 1.54) is 61.6 Å². The Labute approximate surface area is 246 Å². The highest BCUT2D eigenvalue weighted by atomic mass is 32.2. The molecule has 0 saturated heterocycles. The maximum absolute atomic E-state index is 12.8. The normalized spacial score (nSPS) is 10.7. The summed E-state index contributed by atoms with van der Waals surface area (Å²) < 4.78 is 13.4. The zero-order chi connectivity index (χ0) is 29.4. The van der Waals surface area contributed by atoms with Crippen LogP contribution in [0.25, 0.3) is 5.69 Å². The van der Waals surface area contributed by atoms with Crippen LogP contribution in [0.3, 0.4) is 0 Å². The number of hydrogen-bond donors (Lipinski definition) is 2. The van der Waals surface area contributed by atoms with Crippen LogP contribution in [0, 0.1) is 10.1 Å². The Kier molecular flexibility index (Phi) is 10.1. The second-order valence-corrected chi connectivity index (χ2v) is 11.3. The molecule has 14 nitrogen and oxygen atoms in total. The second kappa shape index (κ2) is 13.9. The topological polar surface area (TPSA) is 176 Å². The largest absolute Gasteiger partial charge is 0.497 e. The van der Waals surface area contributed by atoms with Crippen LogP contribution >= 0.6 is 34.9 Å². The molecule has 0 radical (unpaired) electrons. The molecule has 4 aromatic rings. The molecule has 0 fully saturated rings. The first-order chi connectivity index (χ1) is 19.8. The number of benzene rings is 2. The Balaban J connectivity index is 1.55. The highest BCUT2D eigenvalue weighted by molar-refractivity contribution is 8.01. The Hall–Kier alpha value is -4.22. The number of nitrogens with one attached hydrogen (secondary N) is 2. The fraction of sp³-hybridized carbons (Fsp3) is 0.250. The van der Waals surface area contributed by atoms with Crippen LogP contribution in [0.4, 0.5) is 10.8 Å². The summed E-state index contributed by atoms with van der Waals surface area (Å²) in [5.74, 6) is 1.45. The maximum Gasteiger partial charge on any atom is 0.269 e. The van der Waals surface area contributed by atoms with Crippen LogP contribution in [-0.4, -0.2) is 67.4 Å². The molecule has 2 aromatic carbocycles. The lowest BCUT2D eigenvalue weighted by atomic mass is 10.2. The Morgan fingerprint density at radius 3 is 2.51 bits per heavy atom. The van der Waals surface area contributed by atoms with Gasteiger partial charge in [-0.1, -0.05) is 41.8 Å². The summed E-state index contributed by atoms with van der Waals surface area (Å²) in [6.45, 7) is 1.96. The summed E-state index contributed by atoms with van der Waals surface area (Å²) in [7, 11) is 3.04. The highest BCUT2D eigenvalue weighted by Gasteiger charge is 2.21. The van der Waals surface area contributed by atoms with Gasteiger partial charge >= 0.3 is 0 Å². The van der Waals surface area contributed by atoms with Crippen LogP contribution in [0.5, 0.6) is 11.5 Å². The van der Waals surface area contributed by atoms with Crippen LogP contribution < -0.4 is 20.1 Å². The second-order valence-electron chi connectivity index (χ2n) is 7.90. The van der Waals surface area contributed by atoms with Gasteiger partial charge < -0.3 is 14.8 Å². The Morgan fingerprint density at radius 2 is 1.83 bits per heavy atom. The molecule has 2 amide bonds. The molecule has 0 unspecified atom stereocenters. The number of thioether (sulfide) groups is 2. The summed E-state index contributed by atoms with van der Waals surface area (Å²) in [6.07, 6.45) is 0. The number of nitro benzene ring substituents is 1. The van der Waals surface area contributed by atoms with E-state index in [-0.39, 0.29) is 29.5 Å². The van der Waals surface area contributed by atoms with E-state index in [2.05, 4.69) is 31.0 Å². The number of nitro groups is 1. The fourth-order valence-electron chi connectivity index (χ4n) is 3.45. The number of methoxy groups -OCH3 is 2. The molecule has 2 aromatic heterocycles. The molecule has 0 spiro atoms. The van der Waals surface area contributed by atoms with Crippen molar-refractivity contribution in [2.45, 2.75) is 23.0 Å². The molecule has 0 aliphatic rings. The first-order valence-corrected chi connectivity index (χ1v) is 14.7. The number of ether oxygens (including phenoxy) is 2. The average molecular weight is 617 g/mol. The third kappa shape index (κ3) is 7.50. The first kappa shape index (κ1) is 29.8. The molecule has 2 heterocycles. The number of nitrogens with zero attached hydrogens (tertiary/aromatic N) is 6. The van der Waals surface area contributed by atoms with Crippen molar-refractivity contribution in [1.29, 1.82) is 0 Å². The average Bonchev–Trinajstić information content (AvgIpc) is 3.60. The standard InChI is InChI=1S/C24H24N8O6S3/c1-4-39-24-30-28-22(41-24)26-20(33)13-40-23-29-27-19(31(23)17-11-16(37-2)9-10-18(17)38-3)12-25-21(34)14-5-7-15(8-6-14)32(35)36/h5-11H,4,12-13H2,1-3H3,(H,25,34)(H,26,28,33). The summed E-state index contributed by atoms with van der Waals surface area (Å²) >= 11 is 3.96. The van der Waals surface area contributed by atoms with Gasteiger partial charge in [0.1, 0.15) is 11.5 Å². The summed E-state index contributed by atoms with van der Waals surface area (Å²) in [5.41, 5.74) is 0.650. The predicted octanol–water partition coefficient (Wildman–Crippen LogP) is 3.82. The number of anilines is 1. The zero-order valence-corrected chi connectivity index (χ0v) is 24.5. The molecule has 214 valence electrons. The van der Waals surface area contributed by atoms with Crippen LogP contribution in [-0.2, 0) is 11.3 Å². The van der Waals surface area contributed by atoms with E-state index in [0.29, 0.717) is 33.3 Å². The number of aromatic nitrogens is 5. The van der Waals surface area contributed by atoms with E-state index >= 15 is 0 Å². The molecule has 0 aliphatic carbocycles. The predicted molar refractivity (Wildman–Crippen MR) is 154 cm³/mol. The number of non-ortho nitro benzene ring substituents is 1. The fourth-order valence-corrected chi connectivity index (χ4v) is 5.87. The molecular weight excluding hydrogens is 593 g/mol. The van der Waals surface area contributed by atoms with E-state index < -0.39 is 10.8 Å². The minimum atomic E-state index is -0.540. The Bertz CT molecular complexity index is 1540. The van der Waals surface area contributed by atoms with Gasteiger partial charge in [-0.15, -0.1) is 20.4 Å². The number of amides is 2. The number of carbonyl (C=O) groups is 2. The van der Waals surface area contributed by atoms with Crippen molar-refractivity contribution in [2.24, 2.45) is 0 Å². The number of rotatable bonds is 13. The zero-order valence-electron chi connectivity index (χ0n) is 22.0. The molecule has 17 heteroatoms. The lowest BCUT2D eigenvalue weighted by Crippen LogP contribution is -2.24. The smallest absolute Gasteiger partial charge is 0.269 e. The van der Waals surface area contributed by atoms with Crippen molar-refractivity contribution in [3.63, 3.8) is 0 Å². The van der Waals surface area contributed by atoms with Gasteiger partial charge in [0.2, 0.25) is 11.0 Å². The molecular formula is C24H24N8O6S3. The summed E-state index contributed by atoms with van der Waals surface area (Å²) in [5, 5.41) is 33.7. The van der Waals surface area contributed by atoms with Gasteiger partial charge in [0, 0.05) is 23.8 Å².